The summed E-state index contributed by atoms with van der Waals surface area (Å²) in [6.45, 7) is 3.98. The molecule has 0 bridgehead atoms. The van der Waals surface area contributed by atoms with Gasteiger partial charge in [0.25, 0.3) is 0 Å². The summed E-state index contributed by atoms with van der Waals surface area (Å²) in [5, 5.41) is 0. The monoisotopic (exact) mass is 257 g/mol. The van der Waals surface area contributed by atoms with Crippen LogP contribution in [0.2, 0.25) is 0 Å². The molecule has 0 fully saturated rings. The molecular weight excluding hydrogens is 238 g/mol. The van der Waals surface area contributed by atoms with Crippen molar-refractivity contribution >= 4 is 10.0 Å². The Hall–Kier alpha value is -1.07. The Morgan fingerprint density at radius 3 is 2.53 bits per heavy atom. The average molecular weight is 257 g/mol. The Morgan fingerprint density at radius 2 is 2.00 bits per heavy atom. The van der Waals surface area contributed by atoms with Crippen LogP contribution in [0.25, 0.3) is 0 Å². The molecule has 0 atom stereocenters. The van der Waals surface area contributed by atoms with Gasteiger partial charge in [-0.25, -0.2) is 13.1 Å². The van der Waals surface area contributed by atoms with Gasteiger partial charge in [0, 0.05) is 6.54 Å². The van der Waals surface area contributed by atoms with Gasteiger partial charge in [0.2, 0.25) is 10.0 Å². The number of nitrogens with one attached hydrogen (secondary N) is 1. The molecule has 1 N–H and O–H groups in total. The van der Waals surface area contributed by atoms with Gasteiger partial charge in [0.1, 0.15) is 5.75 Å². The van der Waals surface area contributed by atoms with E-state index in [2.05, 4.69) is 4.72 Å². The number of methoxy groups -OCH3 is 1. The molecule has 0 aliphatic carbocycles. The Labute approximate surface area is 103 Å². The molecule has 0 saturated carbocycles. The lowest BCUT2D eigenvalue weighted by atomic mass is 10.1. The van der Waals surface area contributed by atoms with Crippen LogP contribution >= 0.6 is 0 Å². The van der Waals surface area contributed by atoms with Crippen molar-refractivity contribution in [2.75, 3.05) is 12.9 Å². The van der Waals surface area contributed by atoms with Crippen LogP contribution in [0.15, 0.2) is 18.2 Å². The SMILES string of the molecule is CCc1cc(CNS(=O)(=O)CC)ccc1OC. The highest BCUT2D eigenvalue weighted by Gasteiger charge is 2.07. The molecule has 1 rings (SSSR count). The topological polar surface area (TPSA) is 55.4 Å². The maximum Gasteiger partial charge on any atom is 0.211 e. The first kappa shape index (κ1) is 14.0. The molecular formula is C12H19NO3S. The molecule has 0 unspecified atom stereocenters. The first-order chi connectivity index (χ1) is 8.02. The van der Waals surface area contributed by atoms with Gasteiger partial charge in [0.15, 0.2) is 0 Å². The van der Waals surface area contributed by atoms with Crippen molar-refractivity contribution < 1.29 is 13.2 Å². The van der Waals surface area contributed by atoms with Gasteiger partial charge in [-0.2, -0.15) is 0 Å². The van der Waals surface area contributed by atoms with E-state index in [1.165, 1.54) is 0 Å². The highest BCUT2D eigenvalue weighted by molar-refractivity contribution is 7.89. The number of ether oxygens (including phenoxy) is 1. The van der Waals surface area contributed by atoms with Crippen LogP contribution in [-0.2, 0) is 23.0 Å². The van der Waals surface area contributed by atoms with Crippen molar-refractivity contribution in [2.24, 2.45) is 0 Å². The minimum atomic E-state index is -3.13. The largest absolute Gasteiger partial charge is 0.496 e. The molecule has 0 radical (unpaired) electrons. The molecule has 96 valence electrons. The molecule has 4 nitrogen and oxygen atoms in total. The first-order valence-corrected chi connectivity index (χ1v) is 7.30. The van der Waals surface area contributed by atoms with Gasteiger partial charge in [-0.05, 0) is 30.5 Å². The Kier molecular flexibility index (Phi) is 4.96. The van der Waals surface area contributed by atoms with Crippen LogP contribution in [0.1, 0.15) is 25.0 Å². The molecule has 17 heavy (non-hydrogen) atoms. The van der Waals surface area contributed by atoms with Gasteiger partial charge in [0.05, 0.1) is 12.9 Å². The van der Waals surface area contributed by atoms with Crippen LogP contribution < -0.4 is 9.46 Å². The van der Waals surface area contributed by atoms with Crippen LogP contribution in [0.4, 0.5) is 0 Å². The van der Waals surface area contributed by atoms with E-state index in [0.29, 0.717) is 6.54 Å². The smallest absolute Gasteiger partial charge is 0.211 e. The van der Waals surface area contributed by atoms with Crippen molar-refractivity contribution in [3.8, 4) is 5.75 Å². The number of benzene rings is 1. The van der Waals surface area contributed by atoms with E-state index in [-0.39, 0.29) is 5.75 Å². The Morgan fingerprint density at radius 1 is 1.29 bits per heavy atom. The highest BCUT2D eigenvalue weighted by Crippen LogP contribution is 2.20. The summed E-state index contributed by atoms with van der Waals surface area (Å²) in [5.74, 6) is 0.943. The van der Waals surface area contributed by atoms with E-state index in [1.54, 1.807) is 14.0 Å². The lowest BCUT2D eigenvalue weighted by Crippen LogP contribution is -2.24. The molecule has 1 aromatic carbocycles. The molecule has 0 spiro atoms. The van der Waals surface area contributed by atoms with Gasteiger partial charge < -0.3 is 4.74 Å². The van der Waals surface area contributed by atoms with Crippen LogP contribution in [0.3, 0.4) is 0 Å². The number of rotatable bonds is 6. The third-order valence-electron chi connectivity index (χ3n) is 2.60. The highest BCUT2D eigenvalue weighted by atomic mass is 32.2. The van der Waals surface area contributed by atoms with Crippen molar-refractivity contribution in [1.82, 2.24) is 4.72 Å². The third kappa shape index (κ3) is 4.02. The predicted octanol–water partition coefficient (Wildman–Crippen LogP) is 1.70. The summed E-state index contributed by atoms with van der Waals surface area (Å²) >= 11 is 0. The molecule has 0 amide bonds. The maximum atomic E-state index is 11.3. The molecule has 1 aromatic rings. The zero-order chi connectivity index (χ0) is 12.9. The maximum absolute atomic E-state index is 11.3. The van der Waals surface area contributed by atoms with Crippen molar-refractivity contribution in [3.05, 3.63) is 29.3 Å². The van der Waals surface area contributed by atoms with E-state index in [9.17, 15) is 8.42 Å². The average Bonchev–Trinajstić information content (AvgIpc) is 2.36. The second-order valence-corrected chi connectivity index (χ2v) is 5.82. The van der Waals surface area contributed by atoms with E-state index < -0.39 is 10.0 Å². The van der Waals surface area contributed by atoms with E-state index in [1.807, 2.05) is 25.1 Å². The van der Waals surface area contributed by atoms with Crippen molar-refractivity contribution in [1.29, 1.82) is 0 Å². The second-order valence-electron chi connectivity index (χ2n) is 3.72. The fourth-order valence-corrected chi connectivity index (χ4v) is 2.10. The normalized spacial score (nSPS) is 11.5. The fraction of sp³-hybridized carbons (Fsp3) is 0.500. The summed E-state index contributed by atoms with van der Waals surface area (Å²) in [6.07, 6.45) is 0.859. The molecule has 0 aromatic heterocycles. The Bertz CT molecular complexity index is 469. The van der Waals surface area contributed by atoms with Crippen LogP contribution in [0, 0.1) is 0 Å². The molecule has 0 aliphatic heterocycles. The molecule has 5 heteroatoms. The number of aryl methyl sites for hydroxylation is 1. The van der Waals surface area contributed by atoms with Crippen LogP contribution in [0.5, 0.6) is 5.75 Å². The minimum Gasteiger partial charge on any atom is -0.496 e. The fourth-order valence-electron chi connectivity index (χ4n) is 1.51. The van der Waals surface area contributed by atoms with Gasteiger partial charge in [-0.1, -0.05) is 19.1 Å². The van der Waals surface area contributed by atoms with Gasteiger partial charge in [-0.15, -0.1) is 0 Å². The number of hydrogen-bond donors (Lipinski definition) is 1. The first-order valence-electron chi connectivity index (χ1n) is 5.65. The minimum absolute atomic E-state index is 0.101. The number of hydrogen-bond acceptors (Lipinski definition) is 3. The predicted molar refractivity (Wildman–Crippen MR) is 68.7 cm³/mol. The van der Waals surface area contributed by atoms with Crippen molar-refractivity contribution in [2.45, 2.75) is 26.8 Å². The standard InChI is InChI=1S/C12H19NO3S/c1-4-11-8-10(6-7-12(11)16-3)9-13-17(14,15)5-2/h6-8,13H,4-5,9H2,1-3H3. The summed E-state index contributed by atoms with van der Waals surface area (Å²) in [7, 11) is -1.50. The van der Waals surface area contributed by atoms with Gasteiger partial charge in [-0.3, -0.25) is 0 Å². The lowest BCUT2D eigenvalue weighted by molar-refractivity contribution is 0.410. The van der Waals surface area contributed by atoms with E-state index in [4.69, 9.17) is 4.74 Å². The molecule has 0 heterocycles. The summed E-state index contributed by atoms with van der Waals surface area (Å²) in [6, 6.07) is 5.71. The lowest BCUT2D eigenvalue weighted by Gasteiger charge is -2.10. The third-order valence-corrected chi connectivity index (χ3v) is 3.95. The second kappa shape index (κ2) is 6.02. The summed E-state index contributed by atoms with van der Waals surface area (Å²) in [4.78, 5) is 0. The summed E-state index contributed by atoms with van der Waals surface area (Å²) < 4.78 is 30.4. The summed E-state index contributed by atoms with van der Waals surface area (Å²) in [5.41, 5.74) is 2.03. The quantitative estimate of drug-likeness (QED) is 0.844. The van der Waals surface area contributed by atoms with E-state index >= 15 is 0 Å². The van der Waals surface area contributed by atoms with E-state index in [0.717, 1.165) is 23.3 Å². The molecule has 0 saturated heterocycles. The molecule has 0 aliphatic rings. The number of sulfonamides is 1. The van der Waals surface area contributed by atoms with Crippen molar-refractivity contribution in [3.63, 3.8) is 0 Å². The zero-order valence-corrected chi connectivity index (χ0v) is 11.3. The van der Waals surface area contributed by atoms with Crippen LogP contribution in [-0.4, -0.2) is 21.3 Å². The zero-order valence-electron chi connectivity index (χ0n) is 10.5. The van der Waals surface area contributed by atoms with Gasteiger partial charge >= 0.3 is 0 Å². The Balaban J connectivity index is 2.80.